The molecule has 1 fully saturated rings. The molecule has 0 heterocycles. The highest BCUT2D eigenvalue weighted by Crippen LogP contribution is 2.25. The molecule has 1 atom stereocenters. The smallest absolute Gasteiger partial charge is 0.234 e. The number of hydrogen-bond acceptors (Lipinski definition) is 2. The standard InChI is InChI=1S/C18H26N2O/c1-2-11-20(13-18(21)19-16-8-9-16)17-10-7-14-5-3-4-6-15(14)12-17/h3-6,16-17H,2,7-13H2,1H3,(H,19,21). The van der Waals surface area contributed by atoms with Crippen LogP contribution in [-0.4, -0.2) is 36.0 Å². The van der Waals surface area contributed by atoms with E-state index in [1.165, 1.54) is 17.5 Å². The Hall–Kier alpha value is -1.35. The van der Waals surface area contributed by atoms with Crippen LogP contribution in [0.4, 0.5) is 0 Å². The van der Waals surface area contributed by atoms with Crippen molar-refractivity contribution in [2.75, 3.05) is 13.1 Å². The summed E-state index contributed by atoms with van der Waals surface area (Å²) >= 11 is 0. The lowest BCUT2D eigenvalue weighted by atomic mass is 9.87. The van der Waals surface area contributed by atoms with Gasteiger partial charge in [-0.1, -0.05) is 31.2 Å². The van der Waals surface area contributed by atoms with Crippen molar-refractivity contribution in [2.24, 2.45) is 0 Å². The molecule has 1 aromatic rings. The quantitative estimate of drug-likeness (QED) is 0.871. The van der Waals surface area contributed by atoms with Crippen LogP contribution >= 0.6 is 0 Å². The SMILES string of the molecule is CCCN(CC(=O)NC1CC1)C1CCc2ccccc2C1. The molecule has 114 valence electrons. The van der Waals surface area contributed by atoms with E-state index in [-0.39, 0.29) is 5.91 Å². The predicted molar refractivity (Wildman–Crippen MR) is 85.3 cm³/mol. The Morgan fingerprint density at radius 2 is 2.00 bits per heavy atom. The van der Waals surface area contributed by atoms with E-state index in [1.54, 1.807) is 0 Å². The average Bonchev–Trinajstić information content (AvgIpc) is 3.30. The van der Waals surface area contributed by atoms with E-state index in [0.717, 1.165) is 38.6 Å². The molecular weight excluding hydrogens is 260 g/mol. The number of amides is 1. The van der Waals surface area contributed by atoms with Gasteiger partial charge in [0.2, 0.25) is 5.91 Å². The molecule has 0 saturated heterocycles. The van der Waals surface area contributed by atoms with Crippen LogP contribution in [0.2, 0.25) is 0 Å². The lowest BCUT2D eigenvalue weighted by molar-refractivity contribution is -0.123. The van der Waals surface area contributed by atoms with Crippen LogP contribution in [0.5, 0.6) is 0 Å². The number of nitrogens with zero attached hydrogens (tertiary/aromatic N) is 1. The largest absolute Gasteiger partial charge is 0.352 e. The van der Waals surface area contributed by atoms with Crippen molar-refractivity contribution in [2.45, 2.75) is 57.5 Å². The molecule has 0 bridgehead atoms. The summed E-state index contributed by atoms with van der Waals surface area (Å²) in [6.45, 7) is 3.78. The number of rotatable bonds is 6. The molecule has 3 rings (SSSR count). The molecule has 1 saturated carbocycles. The van der Waals surface area contributed by atoms with E-state index in [4.69, 9.17) is 0 Å². The minimum atomic E-state index is 0.213. The maximum atomic E-state index is 12.1. The molecule has 0 aromatic heterocycles. The maximum absolute atomic E-state index is 12.1. The van der Waals surface area contributed by atoms with Gasteiger partial charge in [0.25, 0.3) is 0 Å². The fraction of sp³-hybridized carbons (Fsp3) is 0.611. The summed E-state index contributed by atoms with van der Waals surface area (Å²) in [5.74, 6) is 0.213. The summed E-state index contributed by atoms with van der Waals surface area (Å²) in [6.07, 6.45) is 6.84. The lowest BCUT2D eigenvalue weighted by Gasteiger charge is -2.34. The van der Waals surface area contributed by atoms with Gasteiger partial charge in [-0.15, -0.1) is 0 Å². The van der Waals surface area contributed by atoms with Gasteiger partial charge >= 0.3 is 0 Å². The molecule has 1 unspecified atom stereocenters. The summed E-state index contributed by atoms with van der Waals surface area (Å²) < 4.78 is 0. The Morgan fingerprint density at radius 3 is 2.71 bits per heavy atom. The summed E-state index contributed by atoms with van der Waals surface area (Å²) in [7, 11) is 0. The third kappa shape index (κ3) is 3.85. The topological polar surface area (TPSA) is 32.3 Å². The normalized spacial score (nSPS) is 21.1. The van der Waals surface area contributed by atoms with Crippen LogP contribution in [0.3, 0.4) is 0 Å². The number of hydrogen-bond donors (Lipinski definition) is 1. The number of carbonyl (C=O) groups excluding carboxylic acids is 1. The Labute approximate surface area is 127 Å². The number of aryl methyl sites for hydroxylation is 1. The summed E-state index contributed by atoms with van der Waals surface area (Å²) in [4.78, 5) is 14.5. The third-order valence-corrected chi connectivity index (χ3v) is 4.64. The number of carbonyl (C=O) groups is 1. The molecule has 0 radical (unpaired) electrons. The molecule has 2 aliphatic carbocycles. The van der Waals surface area contributed by atoms with Gasteiger partial charge in [-0.3, -0.25) is 9.69 Å². The van der Waals surface area contributed by atoms with Gasteiger partial charge in [0.15, 0.2) is 0 Å². The van der Waals surface area contributed by atoms with Crippen molar-refractivity contribution in [3.05, 3.63) is 35.4 Å². The van der Waals surface area contributed by atoms with E-state index in [1.807, 2.05) is 0 Å². The Balaban J connectivity index is 1.62. The van der Waals surface area contributed by atoms with Crippen LogP contribution in [0.15, 0.2) is 24.3 Å². The van der Waals surface area contributed by atoms with Gasteiger partial charge < -0.3 is 5.32 Å². The average molecular weight is 286 g/mol. The molecule has 0 spiro atoms. The molecule has 1 aromatic carbocycles. The van der Waals surface area contributed by atoms with E-state index < -0.39 is 0 Å². The first kappa shape index (κ1) is 14.6. The van der Waals surface area contributed by atoms with Gasteiger partial charge in [0.05, 0.1) is 6.54 Å². The van der Waals surface area contributed by atoms with Crippen molar-refractivity contribution in [1.82, 2.24) is 10.2 Å². The summed E-state index contributed by atoms with van der Waals surface area (Å²) in [6, 6.07) is 9.74. The maximum Gasteiger partial charge on any atom is 0.234 e. The lowest BCUT2D eigenvalue weighted by Crippen LogP contribution is -2.46. The Kier molecular flexibility index (Phi) is 4.59. The number of benzene rings is 1. The predicted octanol–water partition coefficient (Wildman–Crippen LogP) is 2.53. The zero-order valence-electron chi connectivity index (χ0n) is 13.0. The zero-order chi connectivity index (χ0) is 14.7. The first-order chi connectivity index (χ1) is 10.3. The van der Waals surface area contributed by atoms with Gasteiger partial charge in [-0.25, -0.2) is 0 Å². The van der Waals surface area contributed by atoms with Gasteiger partial charge in [0, 0.05) is 12.1 Å². The Bertz CT molecular complexity index is 496. The molecule has 2 aliphatic rings. The van der Waals surface area contributed by atoms with Crippen molar-refractivity contribution in [1.29, 1.82) is 0 Å². The summed E-state index contributed by atoms with van der Waals surface area (Å²) in [5, 5.41) is 3.12. The number of nitrogens with one attached hydrogen (secondary N) is 1. The van der Waals surface area contributed by atoms with Crippen molar-refractivity contribution < 1.29 is 4.79 Å². The molecule has 1 amide bonds. The fourth-order valence-corrected chi connectivity index (χ4v) is 3.35. The van der Waals surface area contributed by atoms with Crippen LogP contribution in [0, 0.1) is 0 Å². The highest BCUT2D eigenvalue weighted by molar-refractivity contribution is 5.78. The van der Waals surface area contributed by atoms with Crippen molar-refractivity contribution in [3.8, 4) is 0 Å². The fourth-order valence-electron chi connectivity index (χ4n) is 3.35. The van der Waals surface area contributed by atoms with Crippen LogP contribution < -0.4 is 5.32 Å². The third-order valence-electron chi connectivity index (χ3n) is 4.64. The van der Waals surface area contributed by atoms with Crippen LogP contribution in [-0.2, 0) is 17.6 Å². The highest BCUT2D eigenvalue weighted by Gasteiger charge is 2.27. The second kappa shape index (κ2) is 6.61. The first-order valence-corrected chi connectivity index (χ1v) is 8.36. The molecule has 3 heteroatoms. The highest BCUT2D eigenvalue weighted by atomic mass is 16.2. The second-order valence-electron chi connectivity index (χ2n) is 6.48. The zero-order valence-corrected chi connectivity index (χ0v) is 13.0. The van der Waals surface area contributed by atoms with E-state index in [0.29, 0.717) is 18.6 Å². The van der Waals surface area contributed by atoms with E-state index >= 15 is 0 Å². The van der Waals surface area contributed by atoms with Gasteiger partial charge in [0.1, 0.15) is 0 Å². The summed E-state index contributed by atoms with van der Waals surface area (Å²) in [5.41, 5.74) is 2.96. The van der Waals surface area contributed by atoms with E-state index in [9.17, 15) is 4.79 Å². The molecule has 21 heavy (non-hydrogen) atoms. The van der Waals surface area contributed by atoms with Crippen LogP contribution in [0.25, 0.3) is 0 Å². The van der Waals surface area contributed by atoms with Crippen LogP contribution in [0.1, 0.15) is 43.7 Å². The van der Waals surface area contributed by atoms with Gasteiger partial charge in [-0.05, 0) is 56.2 Å². The minimum absolute atomic E-state index is 0.213. The van der Waals surface area contributed by atoms with Crippen molar-refractivity contribution in [3.63, 3.8) is 0 Å². The number of fused-ring (bicyclic) bond motifs is 1. The Morgan fingerprint density at radius 1 is 1.24 bits per heavy atom. The van der Waals surface area contributed by atoms with E-state index in [2.05, 4.69) is 41.4 Å². The molecular formula is C18H26N2O. The molecule has 0 aliphatic heterocycles. The monoisotopic (exact) mass is 286 g/mol. The molecule has 3 nitrogen and oxygen atoms in total. The first-order valence-electron chi connectivity index (χ1n) is 8.36. The van der Waals surface area contributed by atoms with Crippen molar-refractivity contribution >= 4 is 5.91 Å². The van der Waals surface area contributed by atoms with Gasteiger partial charge in [-0.2, -0.15) is 0 Å². The minimum Gasteiger partial charge on any atom is -0.352 e. The second-order valence-corrected chi connectivity index (χ2v) is 6.48. The molecule has 1 N–H and O–H groups in total.